The average Bonchev–Trinajstić information content (AvgIpc) is 4.17. The Balaban J connectivity index is 1.18. The van der Waals surface area contributed by atoms with Crippen molar-refractivity contribution in [2.75, 3.05) is 0 Å². The van der Waals surface area contributed by atoms with Crippen LogP contribution >= 0.6 is 7.60 Å². The maximum absolute atomic E-state index is 15.3. The summed E-state index contributed by atoms with van der Waals surface area (Å²) in [7, 11) is -4.04. The van der Waals surface area contributed by atoms with Crippen molar-refractivity contribution in [2.24, 2.45) is 0 Å². The van der Waals surface area contributed by atoms with Crippen molar-refractivity contribution in [3.8, 4) is 23.0 Å². The lowest BCUT2D eigenvalue weighted by Crippen LogP contribution is -2.30. The molecule has 1 aliphatic heterocycles. The van der Waals surface area contributed by atoms with E-state index < -0.39 is 23.8 Å². The maximum Gasteiger partial charge on any atom is 0.462 e. The van der Waals surface area contributed by atoms with Crippen LogP contribution in [-0.4, -0.2) is 30.1 Å². The molecular weight excluding hydrogens is 828 g/mol. The largest absolute Gasteiger partial charge is 0.508 e. The van der Waals surface area contributed by atoms with Gasteiger partial charge in [-0.1, -0.05) is 73.7 Å². The van der Waals surface area contributed by atoms with E-state index in [1.54, 1.807) is 30.3 Å². The van der Waals surface area contributed by atoms with E-state index in [-0.39, 0.29) is 11.5 Å². The third-order valence-corrected chi connectivity index (χ3v) is 15.4. The number of benzene rings is 5. The van der Waals surface area contributed by atoms with Gasteiger partial charge in [0.25, 0.3) is 0 Å². The Hall–Kier alpha value is -7.35. The molecule has 0 saturated heterocycles. The highest BCUT2D eigenvalue weighted by atomic mass is 31.2. The van der Waals surface area contributed by atoms with Gasteiger partial charge in [0.05, 0.1) is 21.5 Å². The molecule has 9 nitrogen and oxygen atoms in total. The number of phenols is 2. The number of aromatic hydroxyl groups is 2. The number of hydrogen-bond acceptors (Lipinski definition) is 5. The molecule has 65 heavy (non-hydrogen) atoms. The third kappa shape index (κ3) is 7.26. The summed E-state index contributed by atoms with van der Waals surface area (Å²) >= 11 is 0. The highest BCUT2D eigenvalue weighted by Crippen LogP contribution is 2.51. The van der Waals surface area contributed by atoms with Gasteiger partial charge in [-0.3, -0.25) is 0 Å². The number of aromatic nitrogens is 4. The van der Waals surface area contributed by atoms with Gasteiger partial charge in [-0.2, -0.15) is 0 Å². The molecule has 1 aliphatic rings. The van der Waals surface area contributed by atoms with Crippen LogP contribution in [0.15, 0.2) is 176 Å². The van der Waals surface area contributed by atoms with E-state index >= 15 is 4.57 Å². The number of aromatic amines is 4. The summed E-state index contributed by atoms with van der Waals surface area (Å²) in [6.45, 7) is 8.66. The number of phenolic OH excluding ortho intramolecular Hbond substituents is 2. The van der Waals surface area contributed by atoms with E-state index in [4.69, 9.17) is 9.05 Å². The Kier molecular flexibility index (Phi) is 10.3. The Morgan fingerprint density at radius 3 is 1.71 bits per heavy atom. The minimum absolute atomic E-state index is 0.190. The van der Waals surface area contributed by atoms with Crippen molar-refractivity contribution in [3.63, 3.8) is 0 Å². The van der Waals surface area contributed by atoms with Crippen molar-refractivity contribution < 1.29 is 23.8 Å². The van der Waals surface area contributed by atoms with Gasteiger partial charge in [0.2, 0.25) is 0 Å². The summed E-state index contributed by atoms with van der Waals surface area (Å²) in [6, 6.07) is 56.4. The van der Waals surface area contributed by atoms with Gasteiger partial charge in [-0.25, -0.2) is 4.57 Å². The van der Waals surface area contributed by atoms with Crippen LogP contribution in [0.3, 0.4) is 0 Å². The van der Waals surface area contributed by atoms with Crippen LogP contribution in [-0.2, 0) is 33.7 Å². The molecule has 0 spiro atoms. The van der Waals surface area contributed by atoms with Crippen molar-refractivity contribution in [3.05, 3.63) is 244 Å². The van der Waals surface area contributed by atoms with Crippen molar-refractivity contribution in [1.29, 1.82) is 0 Å². The summed E-state index contributed by atoms with van der Waals surface area (Å²) in [5.41, 5.74) is 9.00. The molecule has 9 aromatic rings. The first-order chi connectivity index (χ1) is 31.4. The van der Waals surface area contributed by atoms with Crippen LogP contribution in [0.4, 0.5) is 0 Å². The minimum atomic E-state index is -4.04. The predicted molar refractivity (Wildman–Crippen MR) is 256 cm³/mol. The number of nitrogens with one attached hydrogen (secondary N) is 4. The molecule has 5 aromatic carbocycles. The Morgan fingerprint density at radius 1 is 0.538 bits per heavy atom. The van der Waals surface area contributed by atoms with E-state index in [0.717, 1.165) is 74.2 Å². The summed E-state index contributed by atoms with van der Waals surface area (Å²) in [5, 5.41) is 21.4. The molecule has 4 atom stereocenters. The summed E-state index contributed by atoms with van der Waals surface area (Å²) in [6.07, 6.45) is 1.44. The Bertz CT molecular complexity index is 3220. The van der Waals surface area contributed by atoms with Gasteiger partial charge < -0.3 is 39.2 Å². The zero-order valence-electron chi connectivity index (χ0n) is 36.7. The fourth-order valence-electron chi connectivity index (χ4n) is 9.54. The van der Waals surface area contributed by atoms with Crippen LogP contribution < -0.4 is 14.4 Å². The van der Waals surface area contributed by atoms with Crippen LogP contribution in [0.5, 0.6) is 23.0 Å². The molecule has 4 aromatic heterocycles. The van der Waals surface area contributed by atoms with Gasteiger partial charge in [0, 0.05) is 52.0 Å². The number of aryl methyl sites for hydroxylation is 1. The quantitative estimate of drug-likeness (QED) is 0.0802. The van der Waals surface area contributed by atoms with Gasteiger partial charge in [0.1, 0.15) is 23.0 Å². The first kappa shape index (κ1) is 41.6. The fourth-order valence-corrected chi connectivity index (χ4v) is 11.1. The normalized spacial score (nSPS) is 20.2. The highest BCUT2D eigenvalue weighted by Gasteiger charge is 2.42. The molecule has 1 unspecified atom stereocenters. The van der Waals surface area contributed by atoms with Gasteiger partial charge in [0.15, 0.2) is 0 Å². The molecule has 0 fully saturated rings. The lowest BCUT2D eigenvalue weighted by molar-refractivity contribution is 0.398. The van der Waals surface area contributed by atoms with E-state index in [0.29, 0.717) is 23.2 Å². The summed E-state index contributed by atoms with van der Waals surface area (Å²) in [5.74, 6) is 1.21. The van der Waals surface area contributed by atoms with Crippen LogP contribution in [0.25, 0.3) is 0 Å². The van der Waals surface area contributed by atoms with Crippen LogP contribution in [0.1, 0.15) is 95.5 Å². The second-order valence-corrected chi connectivity index (χ2v) is 19.4. The molecule has 10 heteroatoms. The average molecular weight is 879 g/mol. The van der Waals surface area contributed by atoms with Crippen molar-refractivity contribution in [2.45, 2.75) is 56.8 Å². The standard InChI is InChI=1S/C55H51N4O5P/c1-5-40-23-25-47(56-40)53(2,37-14-10-18-43(61)33-37)49-27-29-51(58-49)55(4)39-16-12-20-45(35-39)64-65(62,46-21-7-6-8-22-46)63-44-19-11-15-38(34-44)54(3,50-28-30-52(55)59-50)48-26-24-41(57-48)31-36-13-9-17-42(60)32-36/h6-30,32-35,56-61H,5,31H2,1-4H3/t53-,54+,55-,65?/m1/s1. The number of H-pyrrole nitrogens is 4. The van der Waals surface area contributed by atoms with E-state index in [9.17, 15) is 10.2 Å². The summed E-state index contributed by atoms with van der Waals surface area (Å²) < 4.78 is 28.5. The lowest BCUT2D eigenvalue weighted by atomic mass is 9.76. The molecule has 5 heterocycles. The van der Waals surface area contributed by atoms with Crippen LogP contribution in [0, 0.1) is 0 Å². The topological polar surface area (TPSA) is 139 Å². The molecule has 10 rings (SSSR count). The molecule has 0 aliphatic carbocycles. The zero-order chi connectivity index (χ0) is 45.0. The second kappa shape index (κ2) is 16.0. The molecule has 0 saturated carbocycles. The van der Waals surface area contributed by atoms with E-state index in [2.05, 4.69) is 108 Å². The molecule has 0 radical (unpaired) electrons. The zero-order valence-corrected chi connectivity index (χ0v) is 37.6. The number of rotatable bonds is 9. The molecule has 0 amide bonds. The first-order valence-corrected chi connectivity index (χ1v) is 23.5. The van der Waals surface area contributed by atoms with Crippen molar-refractivity contribution >= 4 is 12.9 Å². The SMILES string of the molecule is CCc1ccc([C@@](C)(c2cccc(O)c2)c2ccc([C@@]3(C)c4cccc(c4)OP(=O)(c4ccccc4)Oc4cccc(c4)[C@@](C)(c4ccc(Cc5cccc(O)c5)[nH]4)c4ccc3[nH]4)[nH]2)[nH]1. The number of fused-ring (bicyclic) bond motifs is 6. The Morgan fingerprint density at radius 2 is 1.08 bits per heavy atom. The van der Waals surface area contributed by atoms with Gasteiger partial charge in [-0.05, 0) is 159 Å². The monoisotopic (exact) mass is 878 g/mol. The fraction of sp³-hybridized carbons (Fsp3) is 0.164. The summed E-state index contributed by atoms with van der Waals surface area (Å²) in [4.78, 5) is 15.3. The molecular formula is C55H51N4O5P. The molecule has 6 N–H and O–H groups in total. The maximum atomic E-state index is 15.3. The van der Waals surface area contributed by atoms with Gasteiger partial charge in [-0.15, -0.1) is 0 Å². The van der Waals surface area contributed by atoms with E-state index in [1.165, 1.54) is 0 Å². The lowest BCUT2D eigenvalue weighted by Gasteiger charge is -2.33. The Labute approximate surface area is 378 Å². The minimum Gasteiger partial charge on any atom is -0.508 e. The van der Waals surface area contributed by atoms with Crippen LogP contribution in [0.2, 0.25) is 0 Å². The first-order valence-electron chi connectivity index (χ1n) is 22.0. The predicted octanol–water partition coefficient (Wildman–Crippen LogP) is 11.9. The highest BCUT2D eigenvalue weighted by molar-refractivity contribution is 7.63. The van der Waals surface area contributed by atoms with Crippen molar-refractivity contribution in [1.82, 2.24) is 19.9 Å². The molecule has 6 bridgehead atoms. The van der Waals surface area contributed by atoms with E-state index in [1.807, 2.05) is 84.9 Å². The second-order valence-electron chi connectivity index (χ2n) is 17.6. The third-order valence-electron chi connectivity index (χ3n) is 13.6. The smallest absolute Gasteiger partial charge is 0.462 e. The number of hydrogen-bond donors (Lipinski definition) is 6. The molecule has 326 valence electrons. The van der Waals surface area contributed by atoms with Gasteiger partial charge >= 0.3 is 7.60 Å².